The topological polar surface area (TPSA) is 48.0 Å². The van der Waals surface area contributed by atoms with Gasteiger partial charge in [0.2, 0.25) is 0 Å². The van der Waals surface area contributed by atoms with E-state index < -0.39 is 0 Å². The fraction of sp³-hybridized carbons (Fsp3) is 0.200. The number of nitrogens with zero attached hydrogens (tertiary/aromatic N) is 2. The molecule has 0 unspecified atom stereocenters. The molecule has 0 spiro atoms. The van der Waals surface area contributed by atoms with E-state index in [1.165, 1.54) is 10.6 Å². The molecule has 4 nitrogen and oxygen atoms in total. The van der Waals surface area contributed by atoms with Gasteiger partial charge < -0.3 is 4.42 Å². The molecule has 5 heteroatoms. The van der Waals surface area contributed by atoms with Crippen LogP contribution in [0.4, 0.5) is 0 Å². The lowest BCUT2D eigenvalue weighted by Gasteiger charge is -2.06. The second-order valence-electron chi connectivity index (χ2n) is 3.13. The summed E-state index contributed by atoms with van der Waals surface area (Å²) in [7, 11) is 0. The third kappa shape index (κ3) is 2.10. The Balaban J connectivity index is 2.41. The van der Waals surface area contributed by atoms with Crippen molar-refractivity contribution in [3.05, 3.63) is 51.6 Å². The van der Waals surface area contributed by atoms with Crippen LogP contribution in [0, 0.1) is 6.92 Å². The maximum atomic E-state index is 11.6. The van der Waals surface area contributed by atoms with Crippen molar-refractivity contribution < 1.29 is 4.42 Å². The van der Waals surface area contributed by atoms with Gasteiger partial charge in [0.1, 0.15) is 16.7 Å². The summed E-state index contributed by atoms with van der Waals surface area (Å²) >= 11 is 5.66. The lowest BCUT2D eigenvalue weighted by Crippen LogP contribution is -2.23. The molecule has 0 radical (unpaired) electrons. The van der Waals surface area contributed by atoms with Gasteiger partial charge in [0, 0.05) is 6.07 Å². The normalized spacial score (nSPS) is 10.5. The van der Waals surface area contributed by atoms with Crippen molar-refractivity contribution >= 4 is 11.6 Å². The molecule has 2 aromatic heterocycles. The highest BCUT2D eigenvalue weighted by Gasteiger charge is 2.05. The van der Waals surface area contributed by atoms with Gasteiger partial charge in [-0.1, -0.05) is 11.6 Å². The molecule has 2 heterocycles. The molecule has 0 saturated heterocycles. The van der Waals surface area contributed by atoms with Crippen LogP contribution >= 0.6 is 11.6 Å². The van der Waals surface area contributed by atoms with Gasteiger partial charge in [-0.15, -0.1) is 0 Å². The molecule has 0 saturated carbocycles. The van der Waals surface area contributed by atoms with Crippen molar-refractivity contribution in [1.29, 1.82) is 0 Å². The van der Waals surface area contributed by atoms with Crippen LogP contribution in [0.1, 0.15) is 11.6 Å². The summed E-state index contributed by atoms with van der Waals surface area (Å²) in [4.78, 5) is 15.6. The van der Waals surface area contributed by atoms with Crippen molar-refractivity contribution in [3.63, 3.8) is 0 Å². The van der Waals surface area contributed by atoms with E-state index in [0.29, 0.717) is 18.1 Å². The number of aromatic nitrogens is 2. The maximum absolute atomic E-state index is 11.6. The summed E-state index contributed by atoms with van der Waals surface area (Å²) < 4.78 is 6.66. The first kappa shape index (κ1) is 9.98. The van der Waals surface area contributed by atoms with Crippen LogP contribution < -0.4 is 5.56 Å². The van der Waals surface area contributed by atoms with Gasteiger partial charge in [-0.25, -0.2) is 4.98 Å². The summed E-state index contributed by atoms with van der Waals surface area (Å²) in [5.74, 6) is 1.29. The Labute approximate surface area is 91.1 Å². The zero-order chi connectivity index (χ0) is 10.8. The van der Waals surface area contributed by atoms with E-state index in [4.69, 9.17) is 16.0 Å². The molecule has 0 aliphatic heterocycles. The zero-order valence-corrected chi connectivity index (χ0v) is 8.86. The highest BCUT2D eigenvalue weighted by molar-refractivity contribution is 6.29. The lowest BCUT2D eigenvalue weighted by molar-refractivity contribution is 0.484. The molecule has 0 amide bonds. The molecule has 0 N–H and O–H groups in total. The van der Waals surface area contributed by atoms with E-state index in [1.54, 1.807) is 25.3 Å². The van der Waals surface area contributed by atoms with Crippen LogP contribution in [0.15, 0.2) is 33.7 Å². The Kier molecular flexibility index (Phi) is 2.60. The molecule has 0 bridgehead atoms. The number of hydrogen-bond donors (Lipinski definition) is 0. The average Bonchev–Trinajstić information content (AvgIpc) is 2.63. The van der Waals surface area contributed by atoms with Crippen LogP contribution in [-0.4, -0.2) is 9.55 Å². The second kappa shape index (κ2) is 3.90. The molecule has 0 aliphatic rings. The van der Waals surface area contributed by atoms with Gasteiger partial charge in [0.05, 0.1) is 12.8 Å². The van der Waals surface area contributed by atoms with Gasteiger partial charge >= 0.3 is 0 Å². The molecule has 2 aromatic rings. The standard InChI is InChI=1S/C10H9ClN2O2/c1-7-12-9(11)5-10(14)13(7)6-8-3-2-4-15-8/h2-5H,6H2,1H3. The van der Waals surface area contributed by atoms with Crippen LogP contribution in [0.3, 0.4) is 0 Å². The summed E-state index contributed by atoms with van der Waals surface area (Å²) in [5.41, 5.74) is -0.177. The second-order valence-corrected chi connectivity index (χ2v) is 3.52. The average molecular weight is 225 g/mol. The van der Waals surface area contributed by atoms with Crippen LogP contribution in [0.2, 0.25) is 5.15 Å². The molecule has 15 heavy (non-hydrogen) atoms. The Morgan fingerprint density at radius 3 is 3.00 bits per heavy atom. The number of halogens is 1. The van der Waals surface area contributed by atoms with E-state index >= 15 is 0 Å². The van der Waals surface area contributed by atoms with Crippen molar-refractivity contribution in [2.75, 3.05) is 0 Å². The van der Waals surface area contributed by atoms with Crippen molar-refractivity contribution in [3.8, 4) is 0 Å². The number of hydrogen-bond acceptors (Lipinski definition) is 3. The number of aryl methyl sites for hydroxylation is 1. The highest BCUT2D eigenvalue weighted by atomic mass is 35.5. The van der Waals surface area contributed by atoms with E-state index in [9.17, 15) is 4.79 Å². The van der Waals surface area contributed by atoms with E-state index in [1.807, 2.05) is 0 Å². The monoisotopic (exact) mass is 224 g/mol. The molecular formula is C10H9ClN2O2. The fourth-order valence-corrected chi connectivity index (χ4v) is 1.55. The van der Waals surface area contributed by atoms with Gasteiger partial charge in [0.15, 0.2) is 0 Å². The molecule has 2 rings (SSSR count). The minimum atomic E-state index is -0.177. The Morgan fingerprint density at radius 2 is 2.40 bits per heavy atom. The Morgan fingerprint density at radius 1 is 1.60 bits per heavy atom. The van der Waals surface area contributed by atoms with Crippen molar-refractivity contribution in [2.45, 2.75) is 13.5 Å². The maximum Gasteiger partial charge on any atom is 0.255 e. The summed E-state index contributed by atoms with van der Waals surface area (Å²) in [6, 6.07) is 4.87. The molecule has 78 valence electrons. The fourth-order valence-electron chi connectivity index (χ4n) is 1.34. The van der Waals surface area contributed by atoms with Crippen LogP contribution in [0.5, 0.6) is 0 Å². The summed E-state index contributed by atoms with van der Waals surface area (Å²) in [6.45, 7) is 2.11. The predicted octanol–water partition coefficient (Wildman–Crippen LogP) is 1.85. The van der Waals surface area contributed by atoms with Crippen LogP contribution in [0.25, 0.3) is 0 Å². The Bertz CT molecular complexity index is 517. The van der Waals surface area contributed by atoms with Gasteiger partial charge in [-0.3, -0.25) is 9.36 Å². The number of furan rings is 1. The highest BCUT2D eigenvalue weighted by Crippen LogP contribution is 2.05. The minimum absolute atomic E-state index is 0.177. The minimum Gasteiger partial charge on any atom is -0.467 e. The van der Waals surface area contributed by atoms with Gasteiger partial charge in [-0.05, 0) is 19.1 Å². The molecule has 0 atom stereocenters. The summed E-state index contributed by atoms with van der Waals surface area (Å²) in [5, 5.41) is 0.216. The first-order chi connectivity index (χ1) is 7.16. The first-order valence-corrected chi connectivity index (χ1v) is 4.81. The summed E-state index contributed by atoms with van der Waals surface area (Å²) in [6.07, 6.45) is 1.57. The molecule has 0 fully saturated rings. The van der Waals surface area contributed by atoms with Crippen molar-refractivity contribution in [1.82, 2.24) is 9.55 Å². The zero-order valence-electron chi connectivity index (χ0n) is 8.11. The van der Waals surface area contributed by atoms with Gasteiger partial charge in [-0.2, -0.15) is 0 Å². The molecule has 0 aromatic carbocycles. The molecule has 0 aliphatic carbocycles. The van der Waals surface area contributed by atoms with Crippen molar-refractivity contribution in [2.24, 2.45) is 0 Å². The third-order valence-corrected chi connectivity index (χ3v) is 2.26. The SMILES string of the molecule is Cc1nc(Cl)cc(=O)n1Cc1ccco1. The van der Waals surface area contributed by atoms with E-state index in [0.717, 1.165) is 0 Å². The van der Waals surface area contributed by atoms with Crippen LogP contribution in [-0.2, 0) is 6.54 Å². The van der Waals surface area contributed by atoms with Gasteiger partial charge in [0.25, 0.3) is 5.56 Å². The van der Waals surface area contributed by atoms with E-state index in [-0.39, 0.29) is 10.7 Å². The Hall–Kier alpha value is -1.55. The van der Waals surface area contributed by atoms with E-state index in [2.05, 4.69) is 4.98 Å². The third-order valence-electron chi connectivity index (χ3n) is 2.06. The smallest absolute Gasteiger partial charge is 0.255 e. The molecular weight excluding hydrogens is 216 g/mol. The first-order valence-electron chi connectivity index (χ1n) is 4.43. The number of rotatable bonds is 2. The largest absolute Gasteiger partial charge is 0.467 e. The lowest BCUT2D eigenvalue weighted by atomic mass is 10.4. The quantitative estimate of drug-likeness (QED) is 0.732. The predicted molar refractivity (Wildman–Crippen MR) is 56.1 cm³/mol.